The number of hydrogen-bond donors (Lipinski definition) is 1. The van der Waals surface area contributed by atoms with Gasteiger partial charge in [0.1, 0.15) is 6.61 Å². The number of ether oxygens (including phenoxy) is 1. The maximum Gasteiger partial charge on any atom is 0.254 e. The predicted octanol–water partition coefficient (Wildman–Crippen LogP) is 5.09. The van der Waals surface area contributed by atoms with Gasteiger partial charge >= 0.3 is 0 Å². The lowest BCUT2D eigenvalue weighted by Crippen LogP contribution is -2.38. The summed E-state index contributed by atoms with van der Waals surface area (Å²) in [6.45, 7) is 3.82. The van der Waals surface area contributed by atoms with Crippen molar-refractivity contribution < 1.29 is 9.53 Å². The van der Waals surface area contributed by atoms with Crippen molar-refractivity contribution in [2.24, 2.45) is 0 Å². The van der Waals surface area contributed by atoms with Crippen LogP contribution in [-0.2, 0) is 11.3 Å². The molecule has 7 heteroatoms. The van der Waals surface area contributed by atoms with Gasteiger partial charge in [0, 0.05) is 31.3 Å². The van der Waals surface area contributed by atoms with Crippen LogP contribution in [0, 0.1) is 18.3 Å². The first-order valence-corrected chi connectivity index (χ1v) is 12.4. The summed E-state index contributed by atoms with van der Waals surface area (Å²) in [5, 5.41) is 18.0. The molecule has 35 heavy (non-hydrogen) atoms. The molecule has 1 N–H and O–H groups in total. The van der Waals surface area contributed by atoms with E-state index in [4.69, 9.17) is 4.74 Å². The molecule has 1 saturated carbocycles. The number of likely N-dealkylation sites (tertiary alicyclic amines) is 1. The average Bonchev–Trinajstić information content (AvgIpc) is 3.31. The Morgan fingerprint density at radius 3 is 2.54 bits per heavy atom. The second-order valence-corrected chi connectivity index (χ2v) is 9.70. The highest BCUT2D eigenvalue weighted by Gasteiger charge is 2.31. The highest BCUT2D eigenvalue weighted by molar-refractivity contribution is 5.97. The number of carbonyl (C=O) groups is 1. The van der Waals surface area contributed by atoms with E-state index in [2.05, 4.69) is 40.3 Å². The van der Waals surface area contributed by atoms with Gasteiger partial charge in [-0.05, 0) is 73.3 Å². The smallest absolute Gasteiger partial charge is 0.254 e. The third-order valence-corrected chi connectivity index (χ3v) is 7.54. The van der Waals surface area contributed by atoms with E-state index in [9.17, 15) is 10.1 Å². The van der Waals surface area contributed by atoms with Crippen LogP contribution in [0.5, 0.6) is 0 Å². The molecule has 0 unspecified atom stereocenters. The molecule has 2 heterocycles. The summed E-state index contributed by atoms with van der Waals surface area (Å²) in [5.41, 5.74) is 5.80. The monoisotopic (exact) mass is 469 g/mol. The number of methoxy groups -OCH3 is 1. The SMILES string of the molecule is COCc1nnc(-c2cc(C(=O)N3CCC(c4ccccc4C#N)CC3)c(C3CCC3)cc2C)[nH]1. The number of amides is 1. The molecule has 1 saturated heterocycles. The highest BCUT2D eigenvalue weighted by Crippen LogP contribution is 2.41. The second-order valence-electron chi connectivity index (χ2n) is 9.70. The van der Waals surface area contributed by atoms with E-state index in [0.29, 0.717) is 43.2 Å². The van der Waals surface area contributed by atoms with Gasteiger partial charge in [-0.15, -0.1) is 10.2 Å². The summed E-state index contributed by atoms with van der Waals surface area (Å²) in [5.74, 6) is 2.17. The quantitative estimate of drug-likeness (QED) is 0.543. The van der Waals surface area contributed by atoms with Crippen molar-refractivity contribution >= 4 is 5.91 Å². The molecule has 2 fully saturated rings. The normalized spacial score (nSPS) is 16.7. The molecule has 2 aliphatic rings. The number of aromatic nitrogens is 3. The van der Waals surface area contributed by atoms with Crippen molar-refractivity contribution in [3.63, 3.8) is 0 Å². The summed E-state index contributed by atoms with van der Waals surface area (Å²) in [6, 6.07) is 14.4. The van der Waals surface area contributed by atoms with Crippen molar-refractivity contribution in [3.05, 3.63) is 70.0 Å². The minimum Gasteiger partial charge on any atom is -0.377 e. The molecular formula is C28H31N5O2. The van der Waals surface area contributed by atoms with E-state index >= 15 is 0 Å². The Labute approximate surface area is 206 Å². The minimum atomic E-state index is 0.0943. The van der Waals surface area contributed by atoms with Crippen molar-refractivity contribution in [1.82, 2.24) is 20.1 Å². The Bertz CT molecular complexity index is 1260. The summed E-state index contributed by atoms with van der Waals surface area (Å²) < 4.78 is 5.16. The van der Waals surface area contributed by atoms with Crippen LogP contribution >= 0.6 is 0 Å². The van der Waals surface area contributed by atoms with Crippen molar-refractivity contribution in [2.75, 3.05) is 20.2 Å². The molecule has 0 atom stereocenters. The molecule has 1 aliphatic heterocycles. The van der Waals surface area contributed by atoms with Gasteiger partial charge < -0.3 is 14.6 Å². The molecule has 1 aliphatic carbocycles. The lowest BCUT2D eigenvalue weighted by molar-refractivity contribution is 0.0710. The summed E-state index contributed by atoms with van der Waals surface area (Å²) >= 11 is 0. The lowest BCUT2D eigenvalue weighted by atomic mass is 9.76. The van der Waals surface area contributed by atoms with Gasteiger partial charge in [-0.1, -0.05) is 30.7 Å². The number of nitrogens with zero attached hydrogens (tertiary/aromatic N) is 4. The molecule has 0 spiro atoms. The van der Waals surface area contributed by atoms with Crippen molar-refractivity contribution in [2.45, 2.75) is 57.5 Å². The Kier molecular flexibility index (Phi) is 6.65. The predicted molar refractivity (Wildman–Crippen MR) is 133 cm³/mol. The zero-order valence-corrected chi connectivity index (χ0v) is 20.4. The van der Waals surface area contributed by atoms with Crippen LogP contribution < -0.4 is 0 Å². The number of rotatable bonds is 6. The molecular weight excluding hydrogens is 438 g/mol. The molecule has 7 nitrogen and oxygen atoms in total. The van der Waals surface area contributed by atoms with Gasteiger partial charge in [0.2, 0.25) is 0 Å². The van der Waals surface area contributed by atoms with Crippen LogP contribution in [0.2, 0.25) is 0 Å². The number of nitrogens with one attached hydrogen (secondary N) is 1. The van der Waals surface area contributed by atoms with E-state index in [1.54, 1.807) is 7.11 Å². The fourth-order valence-electron chi connectivity index (χ4n) is 5.37. The van der Waals surface area contributed by atoms with E-state index in [1.165, 1.54) is 6.42 Å². The van der Waals surface area contributed by atoms with E-state index in [0.717, 1.165) is 59.1 Å². The fourth-order valence-corrected chi connectivity index (χ4v) is 5.37. The zero-order valence-electron chi connectivity index (χ0n) is 20.4. The van der Waals surface area contributed by atoms with Crippen LogP contribution in [0.15, 0.2) is 36.4 Å². The molecule has 5 rings (SSSR count). The fraction of sp³-hybridized carbons (Fsp3) is 0.429. The molecule has 1 amide bonds. The third kappa shape index (κ3) is 4.59. The number of carbonyl (C=O) groups excluding carboxylic acids is 1. The Balaban J connectivity index is 1.41. The number of nitriles is 1. The molecule has 0 bridgehead atoms. The van der Waals surface area contributed by atoms with E-state index < -0.39 is 0 Å². The van der Waals surface area contributed by atoms with Crippen LogP contribution in [0.1, 0.15) is 82.4 Å². The molecule has 0 radical (unpaired) electrons. The van der Waals surface area contributed by atoms with Crippen LogP contribution in [0.3, 0.4) is 0 Å². The number of aryl methyl sites for hydroxylation is 1. The largest absolute Gasteiger partial charge is 0.377 e. The average molecular weight is 470 g/mol. The first-order valence-electron chi connectivity index (χ1n) is 12.4. The van der Waals surface area contributed by atoms with Gasteiger partial charge in [-0.25, -0.2) is 0 Å². The molecule has 2 aromatic carbocycles. The van der Waals surface area contributed by atoms with Crippen LogP contribution in [-0.4, -0.2) is 46.2 Å². The van der Waals surface area contributed by atoms with E-state index in [1.807, 2.05) is 29.2 Å². The standard InChI is InChI=1S/C28H31N5O2/c1-18-14-24(19-7-5-8-19)25(15-23(18)27-30-26(17-35-2)31-32-27)28(34)33-12-10-20(11-13-33)22-9-4-3-6-21(22)16-29/h3-4,6,9,14-15,19-20H,5,7-8,10-13,17H2,1-2H3,(H,30,31,32). The first kappa shape index (κ1) is 23.3. The summed E-state index contributed by atoms with van der Waals surface area (Å²) in [4.78, 5) is 19.1. The lowest BCUT2D eigenvalue weighted by Gasteiger charge is -2.34. The minimum absolute atomic E-state index is 0.0943. The topological polar surface area (TPSA) is 94.9 Å². The molecule has 1 aromatic heterocycles. The molecule has 180 valence electrons. The van der Waals surface area contributed by atoms with Crippen molar-refractivity contribution in [3.8, 4) is 17.5 Å². The zero-order chi connectivity index (χ0) is 24.4. The van der Waals surface area contributed by atoms with Crippen LogP contribution in [0.4, 0.5) is 0 Å². The number of aromatic amines is 1. The maximum absolute atomic E-state index is 13.8. The van der Waals surface area contributed by atoms with Crippen LogP contribution in [0.25, 0.3) is 11.4 Å². The highest BCUT2D eigenvalue weighted by atomic mass is 16.5. The number of H-pyrrole nitrogens is 1. The molecule has 3 aromatic rings. The van der Waals surface area contributed by atoms with Gasteiger partial charge in [-0.3, -0.25) is 4.79 Å². The number of benzene rings is 2. The number of piperidine rings is 1. The van der Waals surface area contributed by atoms with Gasteiger partial charge in [0.15, 0.2) is 11.6 Å². The summed E-state index contributed by atoms with van der Waals surface area (Å²) in [7, 11) is 1.62. The number of hydrogen-bond acceptors (Lipinski definition) is 5. The Hall–Kier alpha value is -3.50. The van der Waals surface area contributed by atoms with Gasteiger partial charge in [0.25, 0.3) is 5.91 Å². The maximum atomic E-state index is 13.8. The third-order valence-electron chi connectivity index (χ3n) is 7.54. The second kappa shape index (κ2) is 10.0. The Morgan fingerprint density at radius 2 is 1.86 bits per heavy atom. The van der Waals surface area contributed by atoms with E-state index in [-0.39, 0.29) is 5.91 Å². The van der Waals surface area contributed by atoms with Gasteiger partial charge in [0.05, 0.1) is 11.6 Å². The van der Waals surface area contributed by atoms with Crippen molar-refractivity contribution in [1.29, 1.82) is 5.26 Å². The van der Waals surface area contributed by atoms with Gasteiger partial charge in [-0.2, -0.15) is 5.26 Å². The Morgan fingerprint density at radius 1 is 1.11 bits per heavy atom. The summed E-state index contributed by atoms with van der Waals surface area (Å²) in [6.07, 6.45) is 5.21. The first-order chi connectivity index (χ1) is 17.1.